The minimum Gasteiger partial charge on any atom is -0.495 e. The van der Waals surface area contributed by atoms with Crippen molar-refractivity contribution in [3.63, 3.8) is 0 Å². The molecule has 0 aliphatic carbocycles. The number of anilines is 1. The highest BCUT2D eigenvalue weighted by atomic mass is 35.5. The van der Waals surface area contributed by atoms with Gasteiger partial charge in [-0.15, -0.1) is 0 Å². The van der Waals surface area contributed by atoms with Crippen LogP contribution in [0.25, 0.3) is 0 Å². The Labute approximate surface area is 169 Å². The second-order valence-corrected chi connectivity index (χ2v) is 8.65. The second-order valence-electron chi connectivity index (χ2n) is 6.47. The molecule has 28 heavy (non-hydrogen) atoms. The number of benzene rings is 2. The lowest BCUT2D eigenvalue weighted by Crippen LogP contribution is -2.48. The highest BCUT2D eigenvalue weighted by Gasteiger charge is 2.20. The van der Waals surface area contributed by atoms with Gasteiger partial charge in [0.05, 0.1) is 22.7 Å². The number of rotatable bonds is 7. The van der Waals surface area contributed by atoms with E-state index >= 15 is 0 Å². The first kappa shape index (κ1) is 20.9. The topological polar surface area (TPSA) is 61.9 Å². The van der Waals surface area contributed by atoms with Gasteiger partial charge in [-0.05, 0) is 30.3 Å². The number of ether oxygens (including phenoxy) is 1. The molecule has 1 fully saturated rings. The Morgan fingerprint density at radius 1 is 1.14 bits per heavy atom. The standard InChI is InChI=1S/C19H23ClFN3O3S/c1-27-19-5-3-2-4-18(19)24-12-10-23(11-13-24)9-8-22-28(25,26)15-6-7-17(21)16(20)14-15/h2-7,14,22H,8-13H2,1H3. The Balaban J connectivity index is 1.49. The number of halogens is 2. The number of methoxy groups -OCH3 is 1. The van der Waals surface area contributed by atoms with Crippen molar-refractivity contribution in [3.8, 4) is 5.75 Å². The summed E-state index contributed by atoms with van der Waals surface area (Å²) in [7, 11) is -2.06. The van der Waals surface area contributed by atoms with Crippen LogP contribution in [0.1, 0.15) is 0 Å². The molecule has 6 nitrogen and oxygen atoms in total. The van der Waals surface area contributed by atoms with E-state index in [9.17, 15) is 12.8 Å². The first-order valence-electron chi connectivity index (χ1n) is 8.96. The van der Waals surface area contributed by atoms with Crippen molar-refractivity contribution in [2.75, 3.05) is 51.3 Å². The molecule has 0 unspecified atom stereocenters. The summed E-state index contributed by atoms with van der Waals surface area (Å²) in [6, 6.07) is 11.3. The number of hydrogen-bond donors (Lipinski definition) is 1. The van der Waals surface area contributed by atoms with Crippen LogP contribution in [0, 0.1) is 5.82 Å². The fraction of sp³-hybridized carbons (Fsp3) is 0.368. The Hall–Kier alpha value is -1.87. The average Bonchev–Trinajstić information content (AvgIpc) is 2.70. The number of nitrogens with one attached hydrogen (secondary N) is 1. The van der Waals surface area contributed by atoms with Crippen molar-refractivity contribution < 1.29 is 17.5 Å². The van der Waals surface area contributed by atoms with Gasteiger partial charge in [0.15, 0.2) is 0 Å². The molecule has 0 aromatic heterocycles. The number of para-hydroxylation sites is 2. The lowest BCUT2D eigenvalue weighted by Gasteiger charge is -2.36. The summed E-state index contributed by atoms with van der Waals surface area (Å²) in [5, 5.41) is -0.213. The Morgan fingerprint density at radius 3 is 2.54 bits per heavy atom. The van der Waals surface area contributed by atoms with E-state index in [1.165, 1.54) is 6.07 Å². The van der Waals surface area contributed by atoms with Gasteiger partial charge in [0.2, 0.25) is 10.0 Å². The lowest BCUT2D eigenvalue weighted by atomic mass is 10.2. The predicted octanol–water partition coefficient (Wildman–Crippen LogP) is 2.59. The highest BCUT2D eigenvalue weighted by Crippen LogP contribution is 2.28. The molecule has 0 spiro atoms. The van der Waals surface area contributed by atoms with E-state index in [2.05, 4.69) is 14.5 Å². The maximum absolute atomic E-state index is 13.2. The van der Waals surface area contributed by atoms with Crippen LogP contribution in [0.3, 0.4) is 0 Å². The van der Waals surface area contributed by atoms with E-state index in [1.54, 1.807) is 7.11 Å². The molecule has 0 saturated carbocycles. The quantitative estimate of drug-likeness (QED) is 0.736. The Kier molecular flexibility index (Phi) is 6.77. The molecule has 0 amide bonds. The van der Waals surface area contributed by atoms with Crippen LogP contribution < -0.4 is 14.4 Å². The minimum atomic E-state index is -3.72. The van der Waals surface area contributed by atoms with Gasteiger partial charge in [-0.2, -0.15) is 0 Å². The summed E-state index contributed by atoms with van der Waals surface area (Å²) in [5.41, 5.74) is 1.07. The van der Waals surface area contributed by atoms with Crippen LogP contribution in [0.15, 0.2) is 47.4 Å². The largest absolute Gasteiger partial charge is 0.495 e. The molecule has 0 atom stereocenters. The summed E-state index contributed by atoms with van der Waals surface area (Å²) in [6.07, 6.45) is 0. The van der Waals surface area contributed by atoms with E-state index in [0.29, 0.717) is 6.54 Å². The van der Waals surface area contributed by atoms with Gasteiger partial charge in [-0.1, -0.05) is 23.7 Å². The molecule has 1 N–H and O–H groups in total. The van der Waals surface area contributed by atoms with Gasteiger partial charge in [0, 0.05) is 39.3 Å². The summed E-state index contributed by atoms with van der Waals surface area (Å²) in [6.45, 7) is 4.17. The summed E-state index contributed by atoms with van der Waals surface area (Å²) >= 11 is 5.67. The molecular formula is C19H23ClFN3O3S. The van der Waals surface area contributed by atoms with E-state index in [1.807, 2.05) is 24.3 Å². The van der Waals surface area contributed by atoms with Crippen molar-refractivity contribution in [2.45, 2.75) is 4.90 Å². The minimum absolute atomic E-state index is 0.0418. The van der Waals surface area contributed by atoms with E-state index in [0.717, 1.165) is 49.7 Å². The van der Waals surface area contributed by atoms with Crippen LogP contribution in [0.2, 0.25) is 5.02 Å². The normalized spacial score (nSPS) is 15.6. The average molecular weight is 428 g/mol. The van der Waals surface area contributed by atoms with Gasteiger partial charge in [-0.25, -0.2) is 17.5 Å². The SMILES string of the molecule is COc1ccccc1N1CCN(CCNS(=O)(=O)c2ccc(F)c(Cl)c2)CC1. The van der Waals surface area contributed by atoms with Crippen LogP contribution in [0.4, 0.5) is 10.1 Å². The second kappa shape index (κ2) is 9.09. The molecule has 152 valence electrons. The fourth-order valence-electron chi connectivity index (χ4n) is 3.17. The molecule has 1 saturated heterocycles. The smallest absolute Gasteiger partial charge is 0.240 e. The third-order valence-corrected chi connectivity index (χ3v) is 6.47. The molecule has 1 heterocycles. The molecule has 3 rings (SSSR count). The predicted molar refractivity (Wildman–Crippen MR) is 108 cm³/mol. The first-order valence-corrected chi connectivity index (χ1v) is 10.8. The van der Waals surface area contributed by atoms with Crippen molar-refractivity contribution in [3.05, 3.63) is 53.3 Å². The van der Waals surface area contributed by atoms with Gasteiger partial charge in [0.25, 0.3) is 0 Å². The van der Waals surface area contributed by atoms with Crippen molar-refractivity contribution in [2.24, 2.45) is 0 Å². The van der Waals surface area contributed by atoms with Crippen molar-refractivity contribution in [1.29, 1.82) is 0 Å². The van der Waals surface area contributed by atoms with Crippen molar-refractivity contribution >= 4 is 27.3 Å². The molecular weight excluding hydrogens is 405 g/mol. The number of hydrogen-bond acceptors (Lipinski definition) is 5. The van der Waals surface area contributed by atoms with Gasteiger partial charge in [0.1, 0.15) is 11.6 Å². The zero-order valence-corrected chi connectivity index (χ0v) is 17.1. The van der Waals surface area contributed by atoms with E-state index in [4.69, 9.17) is 16.3 Å². The maximum Gasteiger partial charge on any atom is 0.240 e. The maximum atomic E-state index is 13.2. The molecule has 0 radical (unpaired) electrons. The van der Waals surface area contributed by atoms with E-state index in [-0.39, 0.29) is 16.5 Å². The number of sulfonamides is 1. The van der Waals surface area contributed by atoms with Crippen LogP contribution >= 0.6 is 11.6 Å². The first-order chi connectivity index (χ1) is 13.4. The van der Waals surface area contributed by atoms with Crippen LogP contribution in [0.5, 0.6) is 5.75 Å². The lowest BCUT2D eigenvalue weighted by molar-refractivity contribution is 0.261. The van der Waals surface area contributed by atoms with Crippen LogP contribution in [-0.2, 0) is 10.0 Å². The van der Waals surface area contributed by atoms with E-state index < -0.39 is 15.8 Å². The molecule has 9 heteroatoms. The molecule has 2 aromatic rings. The summed E-state index contributed by atoms with van der Waals surface area (Å²) in [5.74, 6) is 0.204. The molecule has 0 bridgehead atoms. The third-order valence-electron chi connectivity index (χ3n) is 4.72. The summed E-state index contributed by atoms with van der Waals surface area (Å²) in [4.78, 5) is 4.42. The molecule has 2 aromatic carbocycles. The van der Waals surface area contributed by atoms with Gasteiger partial charge < -0.3 is 9.64 Å². The Morgan fingerprint density at radius 2 is 1.86 bits per heavy atom. The molecule has 1 aliphatic rings. The number of nitrogens with zero attached hydrogens (tertiary/aromatic N) is 2. The zero-order valence-electron chi connectivity index (χ0n) is 15.6. The number of piperazine rings is 1. The zero-order chi connectivity index (χ0) is 20.1. The monoisotopic (exact) mass is 427 g/mol. The Bertz CT molecular complexity index is 918. The molecule has 1 aliphatic heterocycles. The summed E-state index contributed by atoms with van der Waals surface area (Å²) < 4.78 is 45.8. The van der Waals surface area contributed by atoms with Gasteiger partial charge >= 0.3 is 0 Å². The van der Waals surface area contributed by atoms with Crippen molar-refractivity contribution in [1.82, 2.24) is 9.62 Å². The fourth-order valence-corrected chi connectivity index (χ4v) is 4.46. The third kappa shape index (κ3) is 4.94. The van der Waals surface area contributed by atoms with Crippen LogP contribution in [-0.4, -0.2) is 59.7 Å². The van der Waals surface area contributed by atoms with Gasteiger partial charge in [-0.3, -0.25) is 4.90 Å². The highest BCUT2D eigenvalue weighted by molar-refractivity contribution is 7.89.